The molecule has 0 unspecified atom stereocenters. The summed E-state index contributed by atoms with van der Waals surface area (Å²) < 4.78 is 0. The summed E-state index contributed by atoms with van der Waals surface area (Å²) in [5, 5.41) is 13.5. The zero-order valence-electron chi connectivity index (χ0n) is 15.4. The third-order valence-electron chi connectivity index (χ3n) is 4.66. The molecule has 0 aliphatic carbocycles. The van der Waals surface area contributed by atoms with Crippen LogP contribution in [0.25, 0.3) is 0 Å². The molecule has 1 aliphatic rings. The molecular weight excluding hydrogens is 388 g/mol. The molecule has 1 aromatic heterocycles. The van der Waals surface area contributed by atoms with E-state index in [1.165, 1.54) is 30.5 Å². The van der Waals surface area contributed by atoms with E-state index in [9.17, 15) is 24.5 Å². The molecule has 2 aromatic carbocycles. The van der Waals surface area contributed by atoms with Crippen molar-refractivity contribution in [3.8, 4) is 0 Å². The number of anilines is 1. The quantitative estimate of drug-likeness (QED) is 0.398. The van der Waals surface area contributed by atoms with E-state index < -0.39 is 22.6 Å². The zero-order valence-corrected chi connectivity index (χ0v) is 15.4. The fourth-order valence-electron chi connectivity index (χ4n) is 3.17. The second kappa shape index (κ2) is 7.55. The molecule has 30 heavy (non-hydrogen) atoms. The Morgan fingerprint density at radius 2 is 1.77 bits per heavy atom. The van der Waals surface area contributed by atoms with Crippen molar-refractivity contribution in [3.63, 3.8) is 0 Å². The highest BCUT2D eigenvalue weighted by atomic mass is 16.6. The number of nitro groups is 1. The van der Waals surface area contributed by atoms with Gasteiger partial charge in [-0.15, -0.1) is 0 Å². The molecule has 0 bridgehead atoms. The number of nitrogens with one attached hydrogen (secondary N) is 1. The van der Waals surface area contributed by atoms with Crippen molar-refractivity contribution in [2.24, 2.45) is 0 Å². The van der Waals surface area contributed by atoms with E-state index in [1.54, 1.807) is 0 Å². The molecule has 0 fully saturated rings. The van der Waals surface area contributed by atoms with Gasteiger partial charge in [-0.25, -0.2) is 0 Å². The van der Waals surface area contributed by atoms with Crippen LogP contribution in [0.5, 0.6) is 0 Å². The summed E-state index contributed by atoms with van der Waals surface area (Å²) in [6.07, 6.45) is 2.34. The molecule has 9 heteroatoms. The number of aromatic nitrogens is 1. The fraction of sp³-hybridized carbons (Fsp3) is 0.0476. The predicted molar refractivity (Wildman–Crippen MR) is 106 cm³/mol. The van der Waals surface area contributed by atoms with Gasteiger partial charge in [0.2, 0.25) is 0 Å². The molecule has 3 aromatic rings. The Hall–Kier alpha value is -4.40. The van der Waals surface area contributed by atoms with Crippen LogP contribution in [0.2, 0.25) is 0 Å². The maximum atomic E-state index is 12.8. The standard InChI is InChI=1S/C21H14N4O5/c26-19(23-17-8-9-22-11-18(17)25(29)30)14-6-7-15-16(10-14)21(28)24(20(15)27)12-13-4-2-1-3-5-13/h1-11H,12H2,(H,22,23,26). The molecule has 0 spiro atoms. The Bertz CT molecular complexity index is 1190. The van der Waals surface area contributed by atoms with Crippen LogP contribution in [0.15, 0.2) is 67.0 Å². The molecule has 0 saturated carbocycles. The second-order valence-electron chi connectivity index (χ2n) is 6.55. The number of rotatable bonds is 5. The second-order valence-corrected chi connectivity index (χ2v) is 6.55. The van der Waals surface area contributed by atoms with Gasteiger partial charge in [0.15, 0.2) is 0 Å². The van der Waals surface area contributed by atoms with E-state index in [0.717, 1.165) is 16.7 Å². The normalized spacial score (nSPS) is 12.6. The van der Waals surface area contributed by atoms with Crippen molar-refractivity contribution >= 4 is 29.1 Å². The molecule has 9 nitrogen and oxygen atoms in total. The first-order valence-electron chi connectivity index (χ1n) is 8.89. The van der Waals surface area contributed by atoms with Gasteiger partial charge < -0.3 is 5.32 Å². The lowest BCUT2D eigenvalue weighted by Gasteiger charge is -2.13. The van der Waals surface area contributed by atoms with Gasteiger partial charge in [0.25, 0.3) is 17.7 Å². The van der Waals surface area contributed by atoms with E-state index in [1.807, 2.05) is 30.3 Å². The van der Waals surface area contributed by atoms with Crippen LogP contribution in [-0.4, -0.2) is 32.5 Å². The lowest BCUT2D eigenvalue weighted by molar-refractivity contribution is -0.384. The molecule has 3 amide bonds. The third-order valence-corrected chi connectivity index (χ3v) is 4.66. The minimum atomic E-state index is -0.658. The van der Waals surface area contributed by atoms with Gasteiger partial charge in [0.05, 0.1) is 22.6 Å². The Labute approximate surface area is 170 Å². The number of imide groups is 1. The molecule has 4 rings (SSSR count). The molecular formula is C21H14N4O5. The highest BCUT2D eigenvalue weighted by molar-refractivity contribution is 6.22. The highest BCUT2D eigenvalue weighted by Crippen LogP contribution is 2.27. The van der Waals surface area contributed by atoms with E-state index in [4.69, 9.17) is 0 Å². The van der Waals surface area contributed by atoms with Crippen LogP contribution >= 0.6 is 0 Å². The summed E-state index contributed by atoms with van der Waals surface area (Å²) in [6.45, 7) is 0.123. The van der Waals surface area contributed by atoms with Crippen LogP contribution in [0.4, 0.5) is 11.4 Å². The van der Waals surface area contributed by atoms with Crippen molar-refractivity contribution in [3.05, 3.63) is 99.4 Å². The highest BCUT2D eigenvalue weighted by Gasteiger charge is 2.36. The molecule has 0 saturated heterocycles. The van der Waals surface area contributed by atoms with Crippen molar-refractivity contribution in [2.75, 3.05) is 5.32 Å². The minimum absolute atomic E-state index is 0.0198. The number of benzene rings is 2. The van der Waals surface area contributed by atoms with Gasteiger partial charge in [-0.1, -0.05) is 30.3 Å². The molecule has 2 heterocycles. The van der Waals surface area contributed by atoms with Gasteiger partial charge in [-0.05, 0) is 29.8 Å². The molecule has 148 valence electrons. The largest absolute Gasteiger partial charge is 0.316 e. The predicted octanol–water partition coefficient (Wildman–Crippen LogP) is 3.04. The fourth-order valence-corrected chi connectivity index (χ4v) is 3.17. The first-order valence-corrected chi connectivity index (χ1v) is 8.89. The van der Waals surface area contributed by atoms with Gasteiger partial charge in [-0.2, -0.15) is 0 Å². The monoisotopic (exact) mass is 402 g/mol. The van der Waals surface area contributed by atoms with Crippen molar-refractivity contribution in [1.82, 2.24) is 9.88 Å². The van der Waals surface area contributed by atoms with E-state index in [0.29, 0.717) is 0 Å². The summed E-state index contributed by atoms with van der Waals surface area (Å²) in [5.74, 6) is -1.58. The topological polar surface area (TPSA) is 123 Å². The lowest BCUT2D eigenvalue weighted by Crippen LogP contribution is -2.29. The number of carbonyl (C=O) groups is 3. The number of carbonyl (C=O) groups excluding carboxylic acids is 3. The average molecular weight is 402 g/mol. The minimum Gasteiger partial charge on any atom is -0.316 e. The summed E-state index contributed by atoms with van der Waals surface area (Å²) in [7, 11) is 0. The van der Waals surface area contributed by atoms with Crippen LogP contribution < -0.4 is 5.32 Å². The Kier molecular flexibility index (Phi) is 4.77. The van der Waals surface area contributed by atoms with E-state index in [2.05, 4.69) is 10.3 Å². The molecule has 0 radical (unpaired) electrons. The SMILES string of the molecule is O=C(Nc1ccncc1[N+](=O)[O-])c1ccc2c(c1)C(=O)N(Cc1ccccc1)C2=O. The Morgan fingerprint density at radius 3 is 2.50 bits per heavy atom. The molecule has 1 N–H and O–H groups in total. The zero-order chi connectivity index (χ0) is 21.3. The lowest BCUT2D eigenvalue weighted by atomic mass is 10.1. The number of hydrogen-bond donors (Lipinski definition) is 1. The van der Waals surface area contributed by atoms with Gasteiger partial charge in [0.1, 0.15) is 11.9 Å². The van der Waals surface area contributed by atoms with Crippen LogP contribution in [0.1, 0.15) is 36.6 Å². The number of hydrogen-bond acceptors (Lipinski definition) is 6. The maximum absolute atomic E-state index is 12.8. The summed E-state index contributed by atoms with van der Waals surface area (Å²) in [5.41, 5.74) is 0.855. The van der Waals surface area contributed by atoms with Gasteiger partial charge >= 0.3 is 5.69 Å². The molecule has 0 atom stereocenters. The van der Waals surface area contributed by atoms with Crippen LogP contribution in [-0.2, 0) is 6.54 Å². The number of amides is 3. The Morgan fingerprint density at radius 1 is 1.03 bits per heavy atom. The average Bonchev–Trinajstić information content (AvgIpc) is 2.99. The van der Waals surface area contributed by atoms with Crippen LogP contribution in [0.3, 0.4) is 0 Å². The van der Waals surface area contributed by atoms with E-state index >= 15 is 0 Å². The van der Waals surface area contributed by atoms with Crippen LogP contribution in [0, 0.1) is 10.1 Å². The third kappa shape index (κ3) is 3.39. The van der Waals surface area contributed by atoms with Gasteiger partial charge in [-0.3, -0.25) is 34.4 Å². The number of fused-ring (bicyclic) bond motifs is 1. The number of pyridine rings is 1. The number of nitrogens with zero attached hydrogens (tertiary/aromatic N) is 3. The van der Waals surface area contributed by atoms with Crippen molar-refractivity contribution in [1.29, 1.82) is 0 Å². The smallest absolute Gasteiger partial charge is 0.310 e. The van der Waals surface area contributed by atoms with Gasteiger partial charge in [0, 0.05) is 11.8 Å². The van der Waals surface area contributed by atoms with Crippen molar-refractivity contribution < 1.29 is 19.3 Å². The van der Waals surface area contributed by atoms with Crippen molar-refractivity contribution in [2.45, 2.75) is 6.54 Å². The Balaban J connectivity index is 1.59. The van der Waals surface area contributed by atoms with E-state index in [-0.39, 0.29) is 34.6 Å². The maximum Gasteiger partial charge on any atom is 0.310 e. The molecule has 1 aliphatic heterocycles. The first kappa shape index (κ1) is 18.9. The summed E-state index contributed by atoms with van der Waals surface area (Å²) in [6, 6.07) is 14.5. The first-order chi connectivity index (χ1) is 14.5. The summed E-state index contributed by atoms with van der Waals surface area (Å²) >= 11 is 0. The summed E-state index contributed by atoms with van der Waals surface area (Å²) in [4.78, 5) is 53.2.